The predicted octanol–water partition coefficient (Wildman–Crippen LogP) is 4.20. The second-order valence-electron chi connectivity index (χ2n) is 8.78. The molecule has 1 unspecified atom stereocenters. The first-order valence-electron chi connectivity index (χ1n) is 10.3. The number of carbonyl (C=O) groups is 2. The van der Waals surface area contributed by atoms with Gasteiger partial charge < -0.3 is 10.2 Å². The largest absolute Gasteiger partial charge is 0.350 e. The van der Waals surface area contributed by atoms with E-state index in [1.807, 2.05) is 45.0 Å². The summed E-state index contributed by atoms with van der Waals surface area (Å²) >= 11 is 9.60. The average molecular weight is 559 g/mol. The summed E-state index contributed by atoms with van der Waals surface area (Å²) < 4.78 is 26.9. The SMILES string of the molecule is CC(C(=O)NC(C)(C)C)N(Cc1ccc(Br)cc1)C(=O)CN(c1ccccc1Cl)S(C)(=O)=O. The Bertz CT molecular complexity index is 1100. The van der Waals surface area contributed by atoms with Crippen LogP contribution in [0.5, 0.6) is 0 Å². The lowest BCUT2D eigenvalue weighted by molar-refractivity contribution is -0.140. The molecule has 1 atom stereocenters. The van der Waals surface area contributed by atoms with Crippen LogP contribution in [0.2, 0.25) is 5.02 Å². The highest BCUT2D eigenvalue weighted by Crippen LogP contribution is 2.27. The molecule has 2 aromatic rings. The monoisotopic (exact) mass is 557 g/mol. The quantitative estimate of drug-likeness (QED) is 0.526. The molecule has 0 radical (unpaired) electrons. The number of para-hydroxylation sites is 1. The van der Waals surface area contributed by atoms with Gasteiger partial charge in [-0.25, -0.2) is 8.42 Å². The highest BCUT2D eigenvalue weighted by atomic mass is 79.9. The lowest BCUT2D eigenvalue weighted by atomic mass is 10.1. The lowest BCUT2D eigenvalue weighted by Gasteiger charge is -2.33. The van der Waals surface area contributed by atoms with Crippen LogP contribution in [0, 0.1) is 0 Å². The maximum Gasteiger partial charge on any atom is 0.244 e. The van der Waals surface area contributed by atoms with Crippen molar-refractivity contribution in [3.8, 4) is 0 Å². The van der Waals surface area contributed by atoms with E-state index in [-0.39, 0.29) is 23.2 Å². The van der Waals surface area contributed by atoms with Crippen LogP contribution >= 0.6 is 27.5 Å². The minimum Gasteiger partial charge on any atom is -0.350 e. The average Bonchev–Trinajstić information content (AvgIpc) is 2.69. The number of hydrogen-bond acceptors (Lipinski definition) is 4. The highest BCUT2D eigenvalue weighted by molar-refractivity contribution is 9.10. The van der Waals surface area contributed by atoms with E-state index >= 15 is 0 Å². The summed E-state index contributed by atoms with van der Waals surface area (Å²) in [6.45, 7) is 6.80. The van der Waals surface area contributed by atoms with Gasteiger partial charge in [-0.1, -0.05) is 51.8 Å². The molecule has 0 spiro atoms. The fraction of sp³-hybridized carbons (Fsp3) is 0.391. The summed E-state index contributed by atoms with van der Waals surface area (Å²) in [6, 6.07) is 12.9. The Labute approximate surface area is 209 Å². The van der Waals surface area contributed by atoms with Crippen LogP contribution in [0.4, 0.5) is 5.69 Å². The minimum atomic E-state index is -3.83. The number of nitrogens with zero attached hydrogens (tertiary/aromatic N) is 2. The number of rotatable bonds is 8. The van der Waals surface area contributed by atoms with E-state index in [0.717, 1.165) is 20.6 Å². The van der Waals surface area contributed by atoms with Gasteiger partial charge in [-0.15, -0.1) is 0 Å². The fourth-order valence-corrected chi connectivity index (χ4v) is 4.51. The second kappa shape index (κ2) is 10.9. The van der Waals surface area contributed by atoms with E-state index < -0.39 is 34.1 Å². The molecule has 0 saturated carbocycles. The van der Waals surface area contributed by atoms with Crippen molar-refractivity contribution in [2.24, 2.45) is 0 Å². The number of halogens is 2. The molecule has 2 aromatic carbocycles. The summed E-state index contributed by atoms with van der Waals surface area (Å²) in [6.07, 6.45) is 1.01. The molecule has 0 heterocycles. The Balaban J connectivity index is 2.41. The number of hydrogen-bond donors (Lipinski definition) is 1. The van der Waals surface area contributed by atoms with Gasteiger partial charge in [-0.2, -0.15) is 0 Å². The normalized spacial score (nSPS) is 12.7. The van der Waals surface area contributed by atoms with E-state index in [9.17, 15) is 18.0 Å². The summed E-state index contributed by atoms with van der Waals surface area (Å²) in [5, 5.41) is 3.08. The molecule has 10 heteroatoms. The van der Waals surface area contributed by atoms with E-state index in [2.05, 4.69) is 21.2 Å². The molecule has 2 amide bonds. The number of sulfonamides is 1. The molecule has 33 heavy (non-hydrogen) atoms. The van der Waals surface area contributed by atoms with Gasteiger partial charge in [0.2, 0.25) is 21.8 Å². The summed E-state index contributed by atoms with van der Waals surface area (Å²) in [5.41, 5.74) is 0.504. The Morgan fingerprint density at radius 2 is 1.67 bits per heavy atom. The van der Waals surface area contributed by atoms with Crippen molar-refractivity contribution in [2.45, 2.75) is 45.8 Å². The molecular formula is C23H29BrClN3O4S. The topological polar surface area (TPSA) is 86.8 Å². The molecule has 0 aliphatic rings. The third kappa shape index (κ3) is 8.01. The van der Waals surface area contributed by atoms with Gasteiger partial charge in [0.15, 0.2) is 0 Å². The zero-order valence-electron chi connectivity index (χ0n) is 19.3. The van der Waals surface area contributed by atoms with Crippen LogP contribution in [-0.4, -0.2) is 49.5 Å². The zero-order chi connectivity index (χ0) is 25.0. The van der Waals surface area contributed by atoms with E-state index in [1.165, 1.54) is 11.0 Å². The third-order valence-electron chi connectivity index (χ3n) is 4.73. The number of amides is 2. The van der Waals surface area contributed by atoms with Crippen LogP contribution in [-0.2, 0) is 26.2 Å². The van der Waals surface area contributed by atoms with Crippen LogP contribution < -0.4 is 9.62 Å². The van der Waals surface area contributed by atoms with E-state index in [4.69, 9.17) is 11.6 Å². The number of benzene rings is 2. The van der Waals surface area contributed by atoms with Gasteiger partial charge in [0.25, 0.3) is 0 Å². The van der Waals surface area contributed by atoms with Crippen molar-refractivity contribution < 1.29 is 18.0 Å². The summed E-state index contributed by atoms with van der Waals surface area (Å²) in [7, 11) is -3.83. The van der Waals surface area contributed by atoms with Crippen molar-refractivity contribution in [2.75, 3.05) is 17.1 Å². The van der Waals surface area contributed by atoms with Gasteiger partial charge in [0.05, 0.1) is 17.0 Å². The first kappa shape index (κ1) is 27.1. The van der Waals surface area contributed by atoms with Crippen molar-refractivity contribution in [3.63, 3.8) is 0 Å². The fourth-order valence-electron chi connectivity index (χ4n) is 3.09. The molecule has 0 fully saturated rings. The van der Waals surface area contributed by atoms with Crippen LogP contribution in [0.1, 0.15) is 33.3 Å². The van der Waals surface area contributed by atoms with Crippen molar-refractivity contribution >= 4 is 55.1 Å². The Morgan fingerprint density at radius 1 is 1.09 bits per heavy atom. The molecular weight excluding hydrogens is 530 g/mol. The van der Waals surface area contributed by atoms with Gasteiger partial charge in [0.1, 0.15) is 12.6 Å². The maximum absolute atomic E-state index is 13.5. The zero-order valence-corrected chi connectivity index (χ0v) is 22.5. The van der Waals surface area contributed by atoms with Gasteiger partial charge in [-0.3, -0.25) is 13.9 Å². The predicted molar refractivity (Wildman–Crippen MR) is 136 cm³/mol. The summed E-state index contributed by atoms with van der Waals surface area (Å²) in [4.78, 5) is 27.7. The molecule has 0 bridgehead atoms. The molecule has 1 N–H and O–H groups in total. The lowest BCUT2D eigenvalue weighted by Crippen LogP contribution is -2.54. The van der Waals surface area contributed by atoms with E-state index in [1.54, 1.807) is 25.1 Å². The number of anilines is 1. The summed E-state index contributed by atoms with van der Waals surface area (Å²) in [5.74, 6) is -0.864. The standard InChI is InChI=1S/C23H29BrClN3O4S/c1-16(22(30)26-23(2,3)4)27(14-17-10-12-18(24)13-11-17)21(29)15-28(33(5,31)32)20-9-7-6-8-19(20)25/h6-13,16H,14-15H2,1-5H3,(H,26,30). The Kier molecular flexibility index (Phi) is 8.95. The van der Waals surface area contributed by atoms with Gasteiger partial charge in [-0.05, 0) is 57.5 Å². The molecule has 0 aromatic heterocycles. The first-order valence-corrected chi connectivity index (χ1v) is 13.3. The van der Waals surface area contributed by atoms with Crippen LogP contribution in [0.15, 0.2) is 53.0 Å². The number of carbonyl (C=O) groups excluding carboxylic acids is 2. The van der Waals surface area contributed by atoms with Crippen LogP contribution in [0.3, 0.4) is 0 Å². The Hall–Kier alpha value is -2.10. The molecule has 2 rings (SSSR count). The van der Waals surface area contributed by atoms with Gasteiger partial charge in [0, 0.05) is 16.6 Å². The molecule has 0 saturated heterocycles. The van der Waals surface area contributed by atoms with Gasteiger partial charge >= 0.3 is 0 Å². The smallest absolute Gasteiger partial charge is 0.244 e. The van der Waals surface area contributed by atoms with E-state index in [0.29, 0.717) is 0 Å². The molecule has 180 valence electrons. The highest BCUT2D eigenvalue weighted by Gasteiger charge is 2.31. The second-order valence-corrected chi connectivity index (χ2v) is 12.0. The first-order chi connectivity index (χ1) is 15.2. The van der Waals surface area contributed by atoms with Crippen LogP contribution in [0.25, 0.3) is 0 Å². The van der Waals surface area contributed by atoms with Crippen molar-refractivity contribution in [3.05, 3.63) is 63.6 Å². The third-order valence-corrected chi connectivity index (χ3v) is 6.71. The number of nitrogens with one attached hydrogen (secondary N) is 1. The van der Waals surface area contributed by atoms with Crippen molar-refractivity contribution in [1.82, 2.24) is 10.2 Å². The Morgan fingerprint density at radius 3 is 2.18 bits per heavy atom. The maximum atomic E-state index is 13.5. The molecule has 0 aliphatic heterocycles. The minimum absolute atomic E-state index is 0.130. The molecule has 0 aliphatic carbocycles. The molecule has 7 nitrogen and oxygen atoms in total. The van der Waals surface area contributed by atoms with Crippen molar-refractivity contribution in [1.29, 1.82) is 0 Å².